The number of hydrogen-bond acceptors (Lipinski definition) is 2. The molecule has 0 aliphatic carbocycles. The second-order valence-electron chi connectivity index (χ2n) is 3.73. The van der Waals surface area contributed by atoms with E-state index < -0.39 is 29.9 Å². The zero-order chi connectivity index (χ0) is 14.1. The van der Waals surface area contributed by atoms with Gasteiger partial charge >= 0.3 is 47.3 Å². The Labute approximate surface area is 129 Å². The van der Waals surface area contributed by atoms with E-state index in [1.807, 2.05) is 38.1 Å². The van der Waals surface area contributed by atoms with Crippen LogP contribution in [0, 0.1) is 36.8 Å². The number of rotatable bonds is 3. The number of halogens is 3. The molecule has 0 unspecified atom stereocenters. The van der Waals surface area contributed by atoms with E-state index in [1.54, 1.807) is 6.92 Å². The van der Waals surface area contributed by atoms with Gasteiger partial charge in [0, 0.05) is 12.1 Å². The van der Waals surface area contributed by atoms with Gasteiger partial charge in [-0.2, -0.15) is 0 Å². The minimum atomic E-state index is -2.24. The molecule has 0 bridgehead atoms. The first-order valence-electron chi connectivity index (χ1n) is 5.25. The van der Waals surface area contributed by atoms with Crippen molar-refractivity contribution in [1.82, 2.24) is 0 Å². The summed E-state index contributed by atoms with van der Waals surface area (Å²) in [6, 6.07) is 7.90. The molecule has 0 spiro atoms. The van der Waals surface area contributed by atoms with E-state index in [0.717, 1.165) is 17.0 Å². The molecule has 2 nitrogen and oxygen atoms in total. The summed E-state index contributed by atoms with van der Waals surface area (Å²) in [7, 11) is 0. The molecular formula is C12H15Cl3NNdO. The first kappa shape index (κ1) is 18.8. The summed E-state index contributed by atoms with van der Waals surface area (Å²) >= 11 is -2.24. The number of benzene rings is 1. The Hall–Kier alpha value is 0.781. The number of aryl methyl sites for hydroxylation is 1. The van der Waals surface area contributed by atoms with Gasteiger partial charge in [-0.1, -0.05) is 18.2 Å². The van der Waals surface area contributed by atoms with E-state index in [4.69, 9.17) is 17.4 Å². The number of Topliss-reactive ketones (excluding diaryl/α,β-unsaturated/α-hetero) is 1. The summed E-state index contributed by atoms with van der Waals surface area (Å²) in [4.78, 5) is 15.2. The molecule has 1 rings (SSSR count). The SMILES string of the molecule is CC(=O)CC(C)=Nc1ccccc1C.[Cl][Nd]([Cl])[Cl]. The second-order valence-corrected chi connectivity index (χ2v) is 17.8. The van der Waals surface area contributed by atoms with Crippen molar-refractivity contribution in [3.8, 4) is 0 Å². The van der Waals surface area contributed by atoms with Crippen LogP contribution >= 0.6 is 17.4 Å². The molecule has 18 heavy (non-hydrogen) atoms. The Kier molecular flexibility index (Phi) is 11.0. The summed E-state index contributed by atoms with van der Waals surface area (Å²) in [6.45, 7) is 5.48. The van der Waals surface area contributed by atoms with Crippen molar-refractivity contribution in [2.45, 2.75) is 27.2 Å². The molecule has 0 N–H and O–H groups in total. The Morgan fingerprint density at radius 1 is 1.22 bits per heavy atom. The van der Waals surface area contributed by atoms with Crippen LogP contribution in [0.1, 0.15) is 25.8 Å². The molecule has 0 aliphatic rings. The molecule has 1 aromatic carbocycles. The minimum absolute atomic E-state index is 0.153. The molecule has 0 radical (unpaired) electrons. The molecular weight excluding hydrogens is 425 g/mol. The van der Waals surface area contributed by atoms with Gasteiger partial charge in [0.2, 0.25) is 0 Å². The van der Waals surface area contributed by atoms with E-state index in [-0.39, 0.29) is 5.78 Å². The maximum absolute atomic E-state index is 10.8. The van der Waals surface area contributed by atoms with E-state index in [9.17, 15) is 4.79 Å². The van der Waals surface area contributed by atoms with Crippen molar-refractivity contribution < 1.29 is 34.7 Å². The number of aliphatic imine (C=N–C) groups is 1. The summed E-state index contributed by atoms with van der Waals surface area (Å²) in [5.74, 6) is 15.2. The molecule has 0 saturated carbocycles. The van der Waals surface area contributed by atoms with E-state index in [1.165, 1.54) is 0 Å². The fraction of sp³-hybridized carbons (Fsp3) is 0.333. The first-order valence-corrected chi connectivity index (χ1v) is 17.3. The third-order valence-corrected chi connectivity index (χ3v) is 1.93. The van der Waals surface area contributed by atoms with Gasteiger partial charge in [0.25, 0.3) is 0 Å². The van der Waals surface area contributed by atoms with Crippen molar-refractivity contribution in [3.05, 3.63) is 29.8 Å². The topological polar surface area (TPSA) is 29.4 Å². The van der Waals surface area contributed by atoms with Crippen LogP contribution in [0.15, 0.2) is 29.3 Å². The zero-order valence-electron chi connectivity index (χ0n) is 10.5. The number of ketones is 1. The van der Waals surface area contributed by atoms with Gasteiger partial charge in [0.1, 0.15) is 5.78 Å². The van der Waals surface area contributed by atoms with E-state index in [0.29, 0.717) is 6.42 Å². The summed E-state index contributed by atoms with van der Waals surface area (Å²) < 4.78 is 0. The van der Waals surface area contributed by atoms with E-state index in [2.05, 4.69) is 4.99 Å². The number of nitrogens with zero attached hydrogens (tertiary/aromatic N) is 1. The fourth-order valence-corrected chi connectivity index (χ4v) is 1.29. The van der Waals surface area contributed by atoms with Gasteiger partial charge in [0.05, 0.1) is 5.69 Å². The summed E-state index contributed by atoms with van der Waals surface area (Å²) in [5.41, 5.74) is 2.95. The number of carbonyl (C=O) groups excluding carboxylic acids is 1. The molecule has 0 aromatic heterocycles. The molecule has 1 aromatic rings. The molecule has 6 heteroatoms. The molecule has 0 atom stereocenters. The quantitative estimate of drug-likeness (QED) is 0.600. The third-order valence-electron chi connectivity index (χ3n) is 1.93. The van der Waals surface area contributed by atoms with Gasteiger partial charge in [-0.3, -0.25) is 9.79 Å². The maximum atomic E-state index is 10.8. The van der Waals surface area contributed by atoms with Crippen LogP contribution in [0.5, 0.6) is 0 Å². The zero-order valence-corrected chi connectivity index (χ0v) is 16.0. The van der Waals surface area contributed by atoms with Crippen molar-refractivity contribution in [1.29, 1.82) is 0 Å². The van der Waals surface area contributed by atoms with Gasteiger partial charge in [-0.25, -0.2) is 0 Å². The Bertz CT molecular complexity index is 419. The number of hydrogen-bond donors (Lipinski definition) is 0. The van der Waals surface area contributed by atoms with Crippen molar-refractivity contribution in [2.24, 2.45) is 4.99 Å². The standard InChI is InChI=1S/C12H15NO.3ClH.Nd/c1-9-6-4-5-7-12(9)13-10(2)8-11(3)14;;;;/h4-7H,8H2,1-3H3;3*1H;/q;;;;+3/p-3. The third kappa shape index (κ3) is 10.7. The number of carbonyl (C=O) groups is 1. The molecule has 0 fully saturated rings. The van der Waals surface area contributed by atoms with Crippen molar-refractivity contribution >= 4 is 34.6 Å². The molecule has 0 aliphatic heterocycles. The van der Waals surface area contributed by atoms with E-state index >= 15 is 0 Å². The van der Waals surface area contributed by atoms with Crippen LogP contribution in [-0.4, -0.2) is 11.5 Å². The van der Waals surface area contributed by atoms with Crippen LogP contribution in [0.3, 0.4) is 0 Å². The van der Waals surface area contributed by atoms with Crippen LogP contribution in [0.25, 0.3) is 0 Å². The second kappa shape index (κ2) is 10.6. The molecule has 0 heterocycles. The summed E-state index contributed by atoms with van der Waals surface area (Å²) in [6.07, 6.45) is 0.439. The van der Waals surface area contributed by atoms with Crippen LogP contribution in [-0.2, 0) is 4.79 Å². The van der Waals surface area contributed by atoms with Crippen molar-refractivity contribution in [3.63, 3.8) is 0 Å². The Balaban J connectivity index is 0.000000631. The monoisotopic (exact) mass is 436 g/mol. The predicted molar refractivity (Wildman–Crippen MR) is 76.8 cm³/mol. The Morgan fingerprint density at radius 2 is 1.72 bits per heavy atom. The number of para-hydroxylation sites is 1. The Morgan fingerprint density at radius 3 is 2.17 bits per heavy atom. The van der Waals surface area contributed by atoms with Gasteiger partial charge < -0.3 is 0 Å². The molecule has 0 saturated heterocycles. The molecule has 0 amide bonds. The van der Waals surface area contributed by atoms with Crippen molar-refractivity contribution in [2.75, 3.05) is 0 Å². The molecule has 99 valence electrons. The van der Waals surface area contributed by atoms with Crippen LogP contribution in [0.4, 0.5) is 5.69 Å². The van der Waals surface area contributed by atoms with Gasteiger partial charge in [-0.15, -0.1) is 0 Å². The fourth-order valence-electron chi connectivity index (χ4n) is 1.29. The van der Waals surface area contributed by atoms with Gasteiger partial charge in [0.15, 0.2) is 0 Å². The normalized spacial score (nSPS) is 10.4. The average molecular weight is 440 g/mol. The predicted octanol–water partition coefficient (Wildman–Crippen LogP) is 5.14. The van der Waals surface area contributed by atoms with Crippen LogP contribution in [0.2, 0.25) is 0 Å². The van der Waals surface area contributed by atoms with Gasteiger partial charge in [-0.05, 0) is 32.4 Å². The summed E-state index contributed by atoms with van der Waals surface area (Å²) in [5, 5.41) is 0. The average Bonchev–Trinajstić information content (AvgIpc) is 2.19. The first-order chi connectivity index (χ1) is 8.32. The van der Waals surface area contributed by atoms with Crippen LogP contribution < -0.4 is 0 Å².